The van der Waals surface area contributed by atoms with Crippen LogP contribution in [0.25, 0.3) is 0 Å². The zero-order valence-electron chi connectivity index (χ0n) is 6.67. The maximum atomic E-state index is 5.32. The molecule has 2 aromatic heterocycles. The Hall–Kier alpha value is -1.49. The van der Waals surface area contributed by atoms with Crippen molar-refractivity contribution < 1.29 is 4.74 Å². The van der Waals surface area contributed by atoms with Gasteiger partial charge < -0.3 is 4.74 Å². The Balaban J connectivity index is 1.94. The van der Waals surface area contributed by atoms with Gasteiger partial charge in [0, 0.05) is 12.4 Å². The molecule has 0 saturated carbocycles. The van der Waals surface area contributed by atoms with E-state index < -0.39 is 0 Å². The summed E-state index contributed by atoms with van der Waals surface area (Å²) in [5.41, 5.74) is 0.794. The van der Waals surface area contributed by atoms with Crippen LogP contribution in [-0.2, 0) is 6.61 Å². The van der Waals surface area contributed by atoms with Gasteiger partial charge in [-0.3, -0.25) is 9.97 Å². The molecule has 0 atom stereocenters. The molecule has 2 aromatic rings. The highest BCUT2D eigenvalue weighted by Gasteiger charge is 1.97. The molecule has 0 bridgehead atoms. The van der Waals surface area contributed by atoms with E-state index in [1.807, 2.05) is 0 Å². The fraction of sp³-hybridized carbons (Fsp3) is 0.125. The Morgan fingerprint density at radius 1 is 1.46 bits per heavy atom. The Labute approximate surface area is 79.4 Å². The van der Waals surface area contributed by atoms with Gasteiger partial charge in [-0.1, -0.05) is 0 Å². The minimum Gasteiger partial charge on any atom is -0.484 e. The minimum absolute atomic E-state index is 0.406. The molecular weight excluding hydrogens is 186 g/mol. The van der Waals surface area contributed by atoms with Gasteiger partial charge >= 0.3 is 0 Å². The van der Waals surface area contributed by atoms with E-state index in [9.17, 15) is 0 Å². The van der Waals surface area contributed by atoms with Gasteiger partial charge in [-0.05, 0) is 11.5 Å². The van der Waals surface area contributed by atoms with Crippen LogP contribution in [0.3, 0.4) is 0 Å². The molecule has 0 fully saturated rings. The summed E-state index contributed by atoms with van der Waals surface area (Å²) in [6, 6.07) is 0. The first-order valence-corrected chi connectivity index (χ1v) is 4.48. The average molecular weight is 192 g/mol. The summed E-state index contributed by atoms with van der Waals surface area (Å²) < 4.78 is 9.11. The van der Waals surface area contributed by atoms with Gasteiger partial charge in [0.2, 0.25) is 0 Å². The molecule has 0 aliphatic heterocycles. The summed E-state index contributed by atoms with van der Waals surface area (Å²) in [7, 11) is 0. The van der Waals surface area contributed by atoms with Gasteiger partial charge in [0.15, 0.2) is 5.75 Å². The molecule has 5 heteroatoms. The second-order valence-corrected chi connectivity index (χ2v) is 2.91. The van der Waals surface area contributed by atoms with Crippen LogP contribution in [0, 0.1) is 6.20 Å². The summed E-state index contributed by atoms with van der Waals surface area (Å²) in [5, 5.41) is 1.79. The molecule has 0 aromatic carbocycles. The molecule has 0 spiro atoms. The molecule has 2 rings (SSSR count). The van der Waals surface area contributed by atoms with Crippen molar-refractivity contribution >= 4 is 11.5 Å². The summed E-state index contributed by atoms with van der Waals surface area (Å²) in [4.78, 5) is 7.98. The van der Waals surface area contributed by atoms with Gasteiger partial charge in [-0.25, -0.2) is 0 Å². The van der Waals surface area contributed by atoms with Crippen molar-refractivity contribution in [3.63, 3.8) is 0 Å². The average Bonchev–Trinajstić information content (AvgIpc) is 2.69. The Morgan fingerprint density at radius 2 is 2.46 bits per heavy atom. The van der Waals surface area contributed by atoms with Crippen molar-refractivity contribution in [1.82, 2.24) is 14.3 Å². The third kappa shape index (κ3) is 2.22. The standard InChI is InChI=1S/C8H6N3OS/c1-2-10-7(3-9-1)5-12-8-4-11-13-6-8/h1-3,6H,5H2. The minimum atomic E-state index is 0.406. The van der Waals surface area contributed by atoms with E-state index in [1.54, 1.807) is 24.0 Å². The molecule has 65 valence electrons. The molecule has 13 heavy (non-hydrogen) atoms. The van der Waals surface area contributed by atoms with E-state index in [4.69, 9.17) is 4.74 Å². The Morgan fingerprint density at radius 3 is 3.15 bits per heavy atom. The zero-order valence-corrected chi connectivity index (χ0v) is 7.49. The fourth-order valence-corrected chi connectivity index (χ4v) is 1.21. The van der Waals surface area contributed by atoms with Crippen LogP contribution in [0.1, 0.15) is 5.69 Å². The number of ether oxygens (including phenoxy) is 1. The normalized spacial score (nSPS) is 9.85. The van der Waals surface area contributed by atoms with Crippen molar-refractivity contribution in [1.29, 1.82) is 0 Å². The Kier molecular flexibility index (Phi) is 2.47. The number of hydrogen-bond donors (Lipinski definition) is 0. The predicted octanol–water partition coefficient (Wildman–Crippen LogP) is 1.31. The topological polar surface area (TPSA) is 47.9 Å². The highest BCUT2D eigenvalue weighted by atomic mass is 32.1. The van der Waals surface area contributed by atoms with Gasteiger partial charge in [0.25, 0.3) is 0 Å². The molecule has 0 N–H and O–H groups in total. The van der Waals surface area contributed by atoms with Crippen molar-refractivity contribution in [3.05, 3.63) is 35.9 Å². The monoisotopic (exact) mass is 192 g/mol. The first-order valence-electron chi connectivity index (χ1n) is 3.65. The largest absolute Gasteiger partial charge is 0.484 e. The van der Waals surface area contributed by atoms with Crippen LogP contribution < -0.4 is 4.74 Å². The molecule has 0 amide bonds. The first kappa shape index (κ1) is 8.12. The van der Waals surface area contributed by atoms with Crippen LogP contribution in [0.4, 0.5) is 0 Å². The lowest BCUT2D eigenvalue weighted by Gasteiger charge is -2.00. The SMILES string of the molecule is [c]1nscc1OCc1cnccn1. The number of aromatic nitrogens is 3. The highest BCUT2D eigenvalue weighted by Crippen LogP contribution is 2.11. The van der Waals surface area contributed by atoms with E-state index in [0.29, 0.717) is 12.4 Å². The number of hydrogen-bond acceptors (Lipinski definition) is 5. The van der Waals surface area contributed by atoms with Crippen LogP contribution in [0.15, 0.2) is 24.0 Å². The maximum Gasteiger partial charge on any atom is 0.160 e. The first-order chi connectivity index (χ1) is 6.45. The van der Waals surface area contributed by atoms with Gasteiger partial charge in [-0.15, -0.1) is 0 Å². The molecule has 0 aliphatic rings. The van der Waals surface area contributed by atoms with Gasteiger partial charge in [-0.2, -0.15) is 4.37 Å². The van der Waals surface area contributed by atoms with Crippen molar-refractivity contribution in [2.24, 2.45) is 0 Å². The van der Waals surface area contributed by atoms with E-state index in [1.165, 1.54) is 11.5 Å². The Bertz CT molecular complexity index is 349. The van der Waals surface area contributed by atoms with Gasteiger partial charge in [0.1, 0.15) is 12.8 Å². The predicted molar refractivity (Wildman–Crippen MR) is 47.3 cm³/mol. The number of rotatable bonds is 3. The summed E-state index contributed by atoms with van der Waals surface area (Å²) in [6.07, 6.45) is 7.63. The molecule has 0 aliphatic carbocycles. The third-order valence-electron chi connectivity index (χ3n) is 1.36. The second-order valence-electron chi connectivity index (χ2n) is 2.28. The molecule has 1 radical (unpaired) electrons. The number of nitrogens with zero attached hydrogens (tertiary/aromatic N) is 3. The van der Waals surface area contributed by atoms with E-state index >= 15 is 0 Å². The maximum absolute atomic E-state index is 5.32. The molecule has 0 unspecified atom stereocenters. The van der Waals surface area contributed by atoms with Crippen molar-refractivity contribution in [2.75, 3.05) is 0 Å². The van der Waals surface area contributed by atoms with Crippen LogP contribution in [-0.4, -0.2) is 14.3 Å². The lowest BCUT2D eigenvalue weighted by molar-refractivity contribution is 0.300. The van der Waals surface area contributed by atoms with Crippen LogP contribution in [0.2, 0.25) is 0 Å². The van der Waals surface area contributed by atoms with Crippen molar-refractivity contribution in [3.8, 4) is 5.75 Å². The quantitative estimate of drug-likeness (QED) is 0.735. The smallest absolute Gasteiger partial charge is 0.160 e. The molecule has 0 saturated heterocycles. The lowest BCUT2D eigenvalue weighted by atomic mass is 10.5. The van der Waals surface area contributed by atoms with Crippen LogP contribution in [0.5, 0.6) is 5.75 Å². The van der Waals surface area contributed by atoms with E-state index in [0.717, 1.165) is 5.69 Å². The summed E-state index contributed by atoms with van der Waals surface area (Å²) in [5.74, 6) is 0.649. The summed E-state index contributed by atoms with van der Waals surface area (Å²) in [6.45, 7) is 0.406. The molecule has 4 nitrogen and oxygen atoms in total. The molecular formula is C8H6N3OS. The third-order valence-corrected chi connectivity index (χ3v) is 1.88. The van der Waals surface area contributed by atoms with Crippen molar-refractivity contribution in [2.45, 2.75) is 6.61 Å². The lowest BCUT2D eigenvalue weighted by Crippen LogP contribution is -1.97. The molecule has 2 heterocycles. The van der Waals surface area contributed by atoms with E-state index in [2.05, 4.69) is 20.5 Å². The zero-order chi connectivity index (χ0) is 8.93. The fourth-order valence-electron chi connectivity index (χ4n) is 0.794. The van der Waals surface area contributed by atoms with E-state index in [-0.39, 0.29) is 0 Å². The second kappa shape index (κ2) is 3.95. The summed E-state index contributed by atoms with van der Waals surface area (Å²) >= 11 is 1.31. The van der Waals surface area contributed by atoms with Gasteiger partial charge in [0.05, 0.1) is 17.3 Å². The highest BCUT2D eigenvalue weighted by molar-refractivity contribution is 7.03. The van der Waals surface area contributed by atoms with Crippen LogP contribution >= 0.6 is 11.5 Å².